The van der Waals surface area contributed by atoms with Gasteiger partial charge in [-0.25, -0.2) is 0 Å². The van der Waals surface area contributed by atoms with Gasteiger partial charge in [-0.1, -0.05) is 13.0 Å². The number of ether oxygens (including phenoxy) is 2. The molecule has 3 heteroatoms. The third-order valence-corrected chi connectivity index (χ3v) is 2.84. The smallest absolute Gasteiger partial charge is 0.308 e. The minimum atomic E-state index is -0.154. The summed E-state index contributed by atoms with van der Waals surface area (Å²) in [4.78, 5) is 11.4. The number of hydrogen-bond donors (Lipinski definition) is 0. The Hall–Kier alpha value is -0.830. The van der Waals surface area contributed by atoms with Crippen molar-refractivity contribution < 1.29 is 14.3 Å². The first kappa shape index (κ1) is 13.2. The Balaban J connectivity index is 2.40. The van der Waals surface area contributed by atoms with Crippen LogP contribution in [0.1, 0.15) is 39.5 Å². The van der Waals surface area contributed by atoms with Crippen molar-refractivity contribution in [3.05, 3.63) is 12.7 Å². The predicted molar refractivity (Wildman–Crippen MR) is 63.1 cm³/mol. The van der Waals surface area contributed by atoms with E-state index in [0.717, 1.165) is 19.3 Å². The highest BCUT2D eigenvalue weighted by Crippen LogP contribution is 2.28. The summed E-state index contributed by atoms with van der Waals surface area (Å²) in [6, 6.07) is 0. The van der Waals surface area contributed by atoms with Crippen LogP contribution in [0, 0.1) is 5.92 Å². The van der Waals surface area contributed by atoms with E-state index in [1.54, 1.807) is 0 Å². The molecular weight excluding hydrogens is 204 g/mol. The highest BCUT2D eigenvalue weighted by Gasteiger charge is 2.28. The zero-order valence-corrected chi connectivity index (χ0v) is 10.3. The molecule has 1 heterocycles. The second-order valence-corrected chi connectivity index (χ2v) is 4.49. The molecule has 3 atom stereocenters. The lowest BCUT2D eigenvalue weighted by Gasteiger charge is -2.33. The zero-order valence-electron chi connectivity index (χ0n) is 10.3. The van der Waals surface area contributed by atoms with E-state index in [-0.39, 0.29) is 18.2 Å². The SMILES string of the molecule is C=CC[C@@H]1C[C@H](C)C[C@H](CC(=O)OCC)O1. The van der Waals surface area contributed by atoms with Crippen molar-refractivity contribution in [1.82, 2.24) is 0 Å². The monoisotopic (exact) mass is 226 g/mol. The van der Waals surface area contributed by atoms with Crippen molar-refractivity contribution in [2.45, 2.75) is 51.7 Å². The molecule has 0 amide bonds. The molecule has 0 unspecified atom stereocenters. The minimum absolute atomic E-state index is 0.0211. The van der Waals surface area contributed by atoms with E-state index in [2.05, 4.69) is 13.5 Å². The van der Waals surface area contributed by atoms with E-state index in [1.807, 2.05) is 13.0 Å². The van der Waals surface area contributed by atoms with Gasteiger partial charge in [0.05, 0.1) is 25.2 Å². The summed E-state index contributed by atoms with van der Waals surface area (Å²) < 4.78 is 10.8. The first-order chi connectivity index (χ1) is 7.65. The Bertz CT molecular complexity index is 237. The van der Waals surface area contributed by atoms with Gasteiger partial charge in [-0.15, -0.1) is 6.58 Å². The van der Waals surface area contributed by atoms with E-state index < -0.39 is 0 Å². The summed E-state index contributed by atoms with van der Waals surface area (Å²) in [7, 11) is 0. The van der Waals surface area contributed by atoms with E-state index >= 15 is 0 Å². The van der Waals surface area contributed by atoms with Crippen LogP contribution in [0.3, 0.4) is 0 Å². The maximum atomic E-state index is 11.4. The van der Waals surface area contributed by atoms with Gasteiger partial charge in [-0.2, -0.15) is 0 Å². The van der Waals surface area contributed by atoms with Gasteiger partial charge in [-0.05, 0) is 32.1 Å². The average Bonchev–Trinajstić information content (AvgIpc) is 2.17. The number of hydrogen-bond acceptors (Lipinski definition) is 3. The molecule has 1 rings (SSSR count). The van der Waals surface area contributed by atoms with Gasteiger partial charge >= 0.3 is 5.97 Å². The van der Waals surface area contributed by atoms with Gasteiger partial charge in [0.25, 0.3) is 0 Å². The van der Waals surface area contributed by atoms with Crippen molar-refractivity contribution in [2.75, 3.05) is 6.61 Å². The lowest BCUT2D eigenvalue weighted by atomic mass is 9.91. The Morgan fingerprint density at radius 1 is 1.50 bits per heavy atom. The molecule has 0 radical (unpaired) electrons. The molecule has 0 aliphatic carbocycles. The van der Waals surface area contributed by atoms with Crippen LogP contribution >= 0.6 is 0 Å². The molecule has 0 spiro atoms. The standard InChI is InChI=1S/C13H22O3/c1-4-6-11-7-10(3)8-12(16-11)9-13(14)15-5-2/h4,10-12H,1,5-9H2,2-3H3/t10-,11+,12+/m0/s1. The van der Waals surface area contributed by atoms with Crippen LogP contribution in [-0.4, -0.2) is 24.8 Å². The summed E-state index contributed by atoms with van der Waals surface area (Å²) >= 11 is 0. The first-order valence-corrected chi connectivity index (χ1v) is 6.07. The lowest BCUT2D eigenvalue weighted by molar-refractivity contribution is -0.150. The number of carbonyl (C=O) groups is 1. The summed E-state index contributed by atoms with van der Waals surface area (Å²) in [5.41, 5.74) is 0. The fraction of sp³-hybridized carbons (Fsp3) is 0.769. The normalized spacial score (nSPS) is 29.8. The molecule has 0 aromatic heterocycles. The summed E-state index contributed by atoms with van der Waals surface area (Å²) in [6.45, 7) is 8.19. The van der Waals surface area contributed by atoms with Crippen molar-refractivity contribution in [1.29, 1.82) is 0 Å². The lowest BCUT2D eigenvalue weighted by Crippen LogP contribution is -2.33. The summed E-state index contributed by atoms with van der Waals surface area (Å²) in [5, 5.41) is 0. The largest absolute Gasteiger partial charge is 0.466 e. The molecule has 0 saturated carbocycles. The van der Waals surface area contributed by atoms with Crippen molar-refractivity contribution in [3.8, 4) is 0 Å². The third-order valence-electron chi connectivity index (χ3n) is 2.84. The van der Waals surface area contributed by atoms with Gasteiger partial charge in [0.1, 0.15) is 0 Å². The topological polar surface area (TPSA) is 35.5 Å². The van der Waals surface area contributed by atoms with Gasteiger partial charge in [0.2, 0.25) is 0 Å². The van der Waals surface area contributed by atoms with Gasteiger partial charge in [0, 0.05) is 0 Å². The Morgan fingerprint density at radius 3 is 2.81 bits per heavy atom. The molecule has 1 aliphatic heterocycles. The fourth-order valence-electron chi connectivity index (χ4n) is 2.25. The highest BCUT2D eigenvalue weighted by atomic mass is 16.5. The molecular formula is C13H22O3. The number of carbonyl (C=O) groups excluding carboxylic acids is 1. The maximum absolute atomic E-state index is 11.4. The molecule has 16 heavy (non-hydrogen) atoms. The molecule has 1 fully saturated rings. The minimum Gasteiger partial charge on any atom is -0.466 e. The van der Waals surface area contributed by atoms with Crippen molar-refractivity contribution >= 4 is 5.97 Å². The summed E-state index contributed by atoms with van der Waals surface area (Å²) in [6.07, 6.45) is 5.38. The summed E-state index contributed by atoms with van der Waals surface area (Å²) in [5.74, 6) is 0.456. The molecule has 0 aromatic carbocycles. The van der Waals surface area contributed by atoms with Crippen LogP contribution in [0.2, 0.25) is 0 Å². The quantitative estimate of drug-likeness (QED) is 0.534. The second kappa shape index (κ2) is 6.69. The molecule has 1 saturated heterocycles. The molecule has 0 N–H and O–H groups in total. The van der Waals surface area contributed by atoms with Gasteiger partial charge in [0.15, 0.2) is 0 Å². The van der Waals surface area contributed by atoms with E-state index in [1.165, 1.54) is 0 Å². The van der Waals surface area contributed by atoms with Crippen LogP contribution in [-0.2, 0) is 14.3 Å². The van der Waals surface area contributed by atoms with E-state index in [0.29, 0.717) is 18.9 Å². The zero-order chi connectivity index (χ0) is 12.0. The molecule has 3 nitrogen and oxygen atoms in total. The Morgan fingerprint density at radius 2 is 2.19 bits per heavy atom. The number of esters is 1. The Kier molecular flexibility index (Phi) is 5.53. The number of rotatable bonds is 5. The van der Waals surface area contributed by atoms with Gasteiger partial charge < -0.3 is 9.47 Å². The van der Waals surface area contributed by atoms with E-state index in [9.17, 15) is 4.79 Å². The van der Waals surface area contributed by atoms with Gasteiger partial charge in [-0.3, -0.25) is 4.79 Å². The third kappa shape index (κ3) is 4.35. The Labute approximate surface area is 97.8 Å². The van der Waals surface area contributed by atoms with Crippen molar-refractivity contribution in [2.24, 2.45) is 5.92 Å². The predicted octanol–water partition coefficient (Wildman–Crippen LogP) is 2.70. The van der Waals surface area contributed by atoms with Crippen LogP contribution < -0.4 is 0 Å². The highest BCUT2D eigenvalue weighted by molar-refractivity contribution is 5.69. The van der Waals surface area contributed by atoms with Crippen molar-refractivity contribution in [3.63, 3.8) is 0 Å². The van der Waals surface area contributed by atoms with E-state index in [4.69, 9.17) is 9.47 Å². The van der Waals surface area contributed by atoms with Crippen LogP contribution in [0.5, 0.6) is 0 Å². The average molecular weight is 226 g/mol. The van der Waals surface area contributed by atoms with Crippen LogP contribution in [0.4, 0.5) is 0 Å². The fourth-order valence-corrected chi connectivity index (χ4v) is 2.25. The molecule has 0 aromatic rings. The van der Waals surface area contributed by atoms with Crippen LogP contribution in [0.25, 0.3) is 0 Å². The van der Waals surface area contributed by atoms with Crippen LogP contribution in [0.15, 0.2) is 12.7 Å². The molecule has 1 aliphatic rings. The molecule has 0 bridgehead atoms. The first-order valence-electron chi connectivity index (χ1n) is 6.07. The maximum Gasteiger partial charge on any atom is 0.308 e. The second-order valence-electron chi connectivity index (χ2n) is 4.49. The molecule has 92 valence electrons.